The van der Waals surface area contributed by atoms with Crippen molar-refractivity contribution in [1.29, 1.82) is 0 Å². The van der Waals surface area contributed by atoms with Crippen molar-refractivity contribution in [3.63, 3.8) is 0 Å². The van der Waals surface area contributed by atoms with Gasteiger partial charge in [-0.2, -0.15) is 0 Å². The van der Waals surface area contributed by atoms with E-state index in [2.05, 4.69) is 4.90 Å². The molecule has 5 rings (SSSR count). The largest absolute Gasteiger partial charge is 0.508 e. The lowest BCUT2D eigenvalue weighted by atomic mass is 9.87. The molecule has 0 saturated carbocycles. The Bertz CT molecular complexity index is 1390. The molecule has 0 aliphatic carbocycles. The van der Waals surface area contributed by atoms with Crippen LogP contribution in [-0.4, -0.2) is 47.1 Å². The van der Waals surface area contributed by atoms with Gasteiger partial charge in [0.05, 0.1) is 0 Å². The molecule has 5 nitrogen and oxygen atoms in total. The van der Waals surface area contributed by atoms with Crippen molar-refractivity contribution in [2.45, 2.75) is 26.2 Å². The Morgan fingerprint density at radius 3 is 2.44 bits per heavy atom. The maximum Gasteiger partial charge on any atom is 0.194 e. The van der Waals surface area contributed by atoms with Crippen LogP contribution in [0.25, 0.3) is 21.9 Å². The van der Waals surface area contributed by atoms with Gasteiger partial charge < -0.3 is 14.9 Å². The van der Waals surface area contributed by atoms with E-state index in [1.807, 2.05) is 37.3 Å². The normalized spacial score (nSPS) is 14.1. The number of carbonyl (C=O) groups excluding carboxylic acids is 1. The molecule has 4 aromatic carbocycles. The summed E-state index contributed by atoms with van der Waals surface area (Å²) in [6.07, 6.45) is 3.83. The second kappa shape index (κ2) is 10.4. The Kier molecular flexibility index (Phi) is 6.92. The molecule has 0 aromatic heterocycles. The number of benzene rings is 4. The minimum Gasteiger partial charge on any atom is -0.508 e. The number of piperidine rings is 1. The monoisotopic (exact) mass is 481 g/mol. The van der Waals surface area contributed by atoms with Crippen LogP contribution in [0.4, 0.5) is 0 Å². The lowest BCUT2D eigenvalue weighted by Crippen LogP contribution is -2.33. The molecule has 1 aliphatic rings. The summed E-state index contributed by atoms with van der Waals surface area (Å²) in [7, 11) is 0. The van der Waals surface area contributed by atoms with E-state index >= 15 is 0 Å². The van der Waals surface area contributed by atoms with Crippen LogP contribution < -0.4 is 4.74 Å². The summed E-state index contributed by atoms with van der Waals surface area (Å²) in [5, 5.41) is 21.8. The van der Waals surface area contributed by atoms with Gasteiger partial charge in [-0.3, -0.25) is 9.69 Å². The van der Waals surface area contributed by atoms with Gasteiger partial charge in [0.1, 0.15) is 23.9 Å². The molecular weight excluding hydrogens is 450 g/mol. The van der Waals surface area contributed by atoms with Crippen LogP contribution in [-0.2, 0) is 0 Å². The van der Waals surface area contributed by atoms with Gasteiger partial charge in [0.2, 0.25) is 0 Å². The number of hydrogen-bond acceptors (Lipinski definition) is 5. The number of aromatic hydroxyl groups is 2. The van der Waals surface area contributed by atoms with Crippen LogP contribution in [0.5, 0.6) is 17.2 Å². The van der Waals surface area contributed by atoms with Crippen molar-refractivity contribution >= 4 is 16.6 Å². The summed E-state index contributed by atoms with van der Waals surface area (Å²) in [4.78, 5) is 16.3. The van der Waals surface area contributed by atoms with E-state index < -0.39 is 0 Å². The summed E-state index contributed by atoms with van der Waals surface area (Å²) in [6, 6.07) is 21.4. The molecule has 0 bridgehead atoms. The fourth-order valence-electron chi connectivity index (χ4n) is 5.02. The highest BCUT2D eigenvalue weighted by atomic mass is 16.5. The molecule has 184 valence electrons. The van der Waals surface area contributed by atoms with E-state index in [0.717, 1.165) is 47.3 Å². The molecule has 36 heavy (non-hydrogen) atoms. The van der Waals surface area contributed by atoms with Gasteiger partial charge in [-0.05, 0) is 109 Å². The molecule has 5 heteroatoms. The number of rotatable bonds is 7. The number of fused-ring (bicyclic) bond motifs is 1. The highest BCUT2D eigenvalue weighted by Gasteiger charge is 2.20. The zero-order chi connectivity index (χ0) is 25.1. The molecule has 1 saturated heterocycles. The number of phenols is 2. The number of nitrogens with zero attached hydrogens (tertiary/aromatic N) is 1. The average Bonchev–Trinajstić information content (AvgIpc) is 2.90. The van der Waals surface area contributed by atoms with Gasteiger partial charge in [0, 0.05) is 17.7 Å². The van der Waals surface area contributed by atoms with E-state index in [0.29, 0.717) is 23.3 Å². The Morgan fingerprint density at radius 1 is 0.889 bits per heavy atom. The van der Waals surface area contributed by atoms with Crippen LogP contribution >= 0.6 is 0 Å². The minimum atomic E-state index is -0.121. The van der Waals surface area contributed by atoms with E-state index in [-0.39, 0.29) is 17.3 Å². The smallest absolute Gasteiger partial charge is 0.194 e. The van der Waals surface area contributed by atoms with Crippen molar-refractivity contribution in [3.8, 4) is 28.4 Å². The zero-order valence-electron chi connectivity index (χ0n) is 20.5. The topological polar surface area (TPSA) is 70.0 Å². The second-order valence-corrected chi connectivity index (χ2v) is 9.45. The van der Waals surface area contributed by atoms with Gasteiger partial charge in [0.25, 0.3) is 0 Å². The number of ether oxygens (including phenoxy) is 1. The predicted octanol–water partition coefficient (Wildman–Crippen LogP) is 6.32. The first-order valence-electron chi connectivity index (χ1n) is 12.6. The summed E-state index contributed by atoms with van der Waals surface area (Å²) in [5.41, 5.74) is 3.35. The maximum absolute atomic E-state index is 13.9. The third-order valence-corrected chi connectivity index (χ3v) is 7.07. The zero-order valence-corrected chi connectivity index (χ0v) is 20.5. The van der Waals surface area contributed by atoms with E-state index in [9.17, 15) is 15.0 Å². The number of ketones is 1. The van der Waals surface area contributed by atoms with Crippen LogP contribution in [0.3, 0.4) is 0 Å². The first kappa shape index (κ1) is 23.9. The highest BCUT2D eigenvalue weighted by molar-refractivity contribution is 6.20. The summed E-state index contributed by atoms with van der Waals surface area (Å²) in [6.45, 7) is 5.66. The third kappa shape index (κ3) is 4.93. The summed E-state index contributed by atoms with van der Waals surface area (Å²) in [5.74, 6) is 0.954. The molecule has 1 fully saturated rings. The predicted molar refractivity (Wildman–Crippen MR) is 143 cm³/mol. The molecule has 0 radical (unpaired) electrons. The van der Waals surface area contributed by atoms with E-state index in [1.54, 1.807) is 42.5 Å². The van der Waals surface area contributed by atoms with Crippen LogP contribution in [0.1, 0.15) is 40.7 Å². The molecule has 4 aromatic rings. The highest BCUT2D eigenvalue weighted by Crippen LogP contribution is 2.37. The maximum atomic E-state index is 13.9. The van der Waals surface area contributed by atoms with Crippen LogP contribution in [0.15, 0.2) is 72.8 Å². The van der Waals surface area contributed by atoms with Gasteiger partial charge in [-0.1, -0.05) is 30.7 Å². The van der Waals surface area contributed by atoms with E-state index in [4.69, 9.17) is 4.74 Å². The fraction of sp³-hybridized carbons (Fsp3) is 0.258. The quantitative estimate of drug-likeness (QED) is 0.302. The van der Waals surface area contributed by atoms with Crippen molar-refractivity contribution in [2.24, 2.45) is 0 Å². The number of carbonyl (C=O) groups is 1. The average molecular weight is 482 g/mol. The Labute approximate surface area is 211 Å². The number of hydrogen-bond donors (Lipinski definition) is 2. The number of phenolic OH excluding ortho intramolecular Hbond substituents is 2. The minimum absolute atomic E-state index is 0.121. The van der Waals surface area contributed by atoms with E-state index in [1.165, 1.54) is 19.3 Å². The first-order chi connectivity index (χ1) is 17.5. The van der Waals surface area contributed by atoms with Crippen molar-refractivity contribution in [1.82, 2.24) is 4.90 Å². The van der Waals surface area contributed by atoms with Crippen molar-refractivity contribution < 1.29 is 19.7 Å². The SMILES string of the molecule is Cc1c(O)cccc1-c1ccc2cc(O)ccc2c1C(=O)c1ccc(OCCN2CCCCC2)cc1. The summed E-state index contributed by atoms with van der Waals surface area (Å²) >= 11 is 0. The van der Waals surface area contributed by atoms with Gasteiger partial charge in [-0.15, -0.1) is 0 Å². The Balaban J connectivity index is 1.45. The molecule has 0 spiro atoms. The first-order valence-corrected chi connectivity index (χ1v) is 12.6. The Morgan fingerprint density at radius 2 is 1.67 bits per heavy atom. The van der Waals surface area contributed by atoms with Gasteiger partial charge in [0.15, 0.2) is 5.78 Å². The molecule has 0 atom stereocenters. The number of likely N-dealkylation sites (tertiary alicyclic amines) is 1. The molecule has 1 heterocycles. The standard InChI is InChI=1S/C31H31NO4/c1-21-26(6-5-7-29(21)34)28-14-10-23-20-24(33)11-15-27(23)30(28)31(35)22-8-12-25(13-9-22)36-19-18-32-16-3-2-4-17-32/h5-15,20,33-34H,2-4,16-19H2,1H3. The molecular formula is C31H31NO4. The van der Waals surface area contributed by atoms with Gasteiger partial charge in [-0.25, -0.2) is 0 Å². The third-order valence-electron chi connectivity index (χ3n) is 7.07. The molecule has 2 N–H and O–H groups in total. The van der Waals surface area contributed by atoms with Crippen molar-refractivity contribution in [2.75, 3.05) is 26.2 Å². The van der Waals surface area contributed by atoms with Gasteiger partial charge >= 0.3 is 0 Å². The summed E-state index contributed by atoms with van der Waals surface area (Å²) < 4.78 is 5.95. The van der Waals surface area contributed by atoms with Crippen molar-refractivity contribution in [3.05, 3.63) is 89.5 Å². The lowest BCUT2D eigenvalue weighted by Gasteiger charge is -2.26. The molecule has 0 unspecified atom stereocenters. The van der Waals surface area contributed by atoms with Crippen LogP contribution in [0, 0.1) is 6.92 Å². The Hall–Kier alpha value is -3.83. The van der Waals surface area contributed by atoms with Crippen LogP contribution in [0.2, 0.25) is 0 Å². The second-order valence-electron chi connectivity index (χ2n) is 9.45. The lowest BCUT2D eigenvalue weighted by molar-refractivity contribution is 0.104. The molecule has 0 amide bonds. The fourth-order valence-corrected chi connectivity index (χ4v) is 5.02. The molecule has 1 aliphatic heterocycles.